The monoisotopic (exact) mass is 252 g/mol. The molecule has 1 aliphatic rings. The Morgan fingerprint density at radius 1 is 1.00 bits per heavy atom. The molecular formula is C16H17BS. The highest BCUT2D eigenvalue weighted by molar-refractivity contribution is 8.00. The molecule has 1 saturated carbocycles. The number of benzene rings is 2. The third-order valence-corrected chi connectivity index (χ3v) is 5.07. The van der Waals surface area contributed by atoms with Crippen molar-refractivity contribution in [3.05, 3.63) is 36.4 Å². The van der Waals surface area contributed by atoms with E-state index in [1.54, 1.807) is 0 Å². The Morgan fingerprint density at radius 3 is 2.67 bits per heavy atom. The normalized spacial score (nSPS) is 17.1. The molecule has 2 heteroatoms. The molecule has 0 heterocycles. The van der Waals surface area contributed by atoms with Gasteiger partial charge in [0.15, 0.2) is 0 Å². The Kier molecular flexibility index (Phi) is 3.65. The van der Waals surface area contributed by atoms with E-state index in [9.17, 15) is 0 Å². The van der Waals surface area contributed by atoms with Crippen molar-refractivity contribution in [3.63, 3.8) is 0 Å². The van der Waals surface area contributed by atoms with Gasteiger partial charge in [-0.2, -0.15) is 0 Å². The van der Waals surface area contributed by atoms with Crippen molar-refractivity contribution in [2.24, 2.45) is 0 Å². The Labute approximate surface area is 115 Å². The van der Waals surface area contributed by atoms with Gasteiger partial charge < -0.3 is 0 Å². The van der Waals surface area contributed by atoms with Crippen LogP contribution < -0.4 is 5.46 Å². The first-order valence-electron chi connectivity index (χ1n) is 6.78. The fourth-order valence-electron chi connectivity index (χ4n) is 2.74. The Morgan fingerprint density at radius 2 is 1.83 bits per heavy atom. The second-order valence-electron chi connectivity index (χ2n) is 5.11. The molecule has 3 rings (SSSR count). The molecule has 1 fully saturated rings. The molecule has 2 radical (unpaired) electrons. The van der Waals surface area contributed by atoms with E-state index >= 15 is 0 Å². The van der Waals surface area contributed by atoms with E-state index in [1.165, 1.54) is 47.8 Å². The molecule has 90 valence electrons. The molecule has 2 aromatic carbocycles. The lowest BCUT2D eigenvalue weighted by molar-refractivity contribution is 0.516. The zero-order valence-electron chi connectivity index (χ0n) is 10.6. The maximum absolute atomic E-state index is 5.98. The van der Waals surface area contributed by atoms with Gasteiger partial charge >= 0.3 is 0 Å². The molecule has 0 bridgehead atoms. The molecule has 0 spiro atoms. The maximum atomic E-state index is 5.98. The minimum absolute atomic E-state index is 0.817. The summed E-state index contributed by atoms with van der Waals surface area (Å²) in [5.74, 6) is 0. The molecule has 0 unspecified atom stereocenters. The van der Waals surface area contributed by atoms with Crippen LogP contribution in [0.5, 0.6) is 0 Å². The lowest BCUT2D eigenvalue weighted by atomic mass is 9.90. The van der Waals surface area contributed by atoms with Gasteiger partial charge in [0, 0.05) is 10.1 Å². The first-order valence-corrected chi connectivity index (χ1v) is 7.66. The summed E-state index contributed by atoms with van der Waals surface area (Å²) in [6.07, 6.45) is 6.97. The Bertz CT molecular complexity index is 544. The molecular weight excluding hydrogens is 235 g/mol. The molecule has 0 N–H and O–H groups in total. The third-order valence-electron chi connectivity index (χ3n) is 3.74. The van der Waals surface area contributed by atoms with Gasteiger partial charge in [-0.05, 0) is 35.7 Å². The van der Waals surface area contributed by atoms with Crippen LogP contribution in [0, 0.1) is 0 Å². The van der Waals surface area contributed by atoms with Crippen LogP contribution >= 0.6 is 11.8 Å². The second-order valence-corrected chi connectivity index (χ2v) is 6.48. The second kappa shape index (κ2) is 5.40. The van der Waals surface area contributed by atoms with E-state index in [4.69, 9.17) is 7.85 Å². The molecule has 18 heavy (non-hydrogen) atoms. The summed E-state index contributed by atoms with van der Waals surface area (Å²) in [5.41, 5.74) is 0.877. The largest absolute Gasteiger partial charge is 0.123 e. The molecule has 0 atom stereocenters. The molecule has 0 saturated heterocycles. The zero-order valence-corrected chi connectivity index (χ0v) is 11.4. The van der Waals surface area contributed by atoms with Crippen molar-refractivity contribution in [2.75, 3.05) is 0 Å². The zero-order chi connectivity index (χ0) is 12.4. The first kappa shape index (κ1) is 12.2. The fraction of sp³-hybridized carbons (Fsp3) is 0.375. The van der Waals surface area contributed by atoms with Crippen molar-refractivity contribution < 1.29 is 0 Å². The minimum atomic E-state index is 0.817. The van der Waals surface area contributed by atoms with Crippen LogP contribution in [0.3, 0.4) is 0 Å². The summed E-state index contributed by atoms with van der Waals surface area (Å²) < 4.78 is 0. The van der Waals surface area contributed by atoms with E-state index in [1.807, 2.05) is 23.9 Å². The van der Waals surface area contributed by atoms with Crippen LogP contribution in [-0.4, -0.2) is 13.1 Å². The number of fused-ring (bicyclic) bond motifs is 1. The highest BCUT2D eigenvalue weighted by Gasteiger charge is 2.14. The van der Waals surface area contributed by atoms with Gasteiger partial charge in [-0.1, -0.05) is 49.0 Å². The quantitative estimate of drug-likeness (QED) is 0.726. The lowest BCUT2D eigenvalue weighted by Crippen LogP contribution is -2.07. The van der Waals surface area contributed by atoms with E-state index < -0.39 is 0 Å². The van der Waals surface area contributed by atoms with Gasteiger partial charge in [0.1, 0.15) is 7.85 Å². The van der Waals surface area contributed by atoms with Crippen molar-refractivity contribution in [1.29, 1.82) is 0 Å². The van der Waals surface area contributed by atoms with Crippen molar-refractivity contribution in [2.45, 2.75) is 42.2 Å². The van der Waals surface area contributed by atoms with E-state index in [0.29, 0.717) is 0 Å². The van der Waals surface area contributed by atoms with E-state index in [0.717, 1.165) is 10.7 Å². The van der Waals surface area contributed by atoms with Crippen molar-refractivity contribution in [3.8, 4) is 0 Å². The highest BCUT2D eigenvalue weighted by atomic mass is 32.2. The van der Waals surface area contributed by atoms with Crippen LogP contribution in [0.2, 0.25) is 0 Å². The Balaban J connectivity index is 1.84. The van der Waals surface area contributed by atoms with Crippen LogP contribution in [-0.2, 0) is 0 Å². The van der Waals surface area contributed by atoms with Gasteiger partial charge in [-0.15, -0.1) is 11.8 Å². The molecule has 2 aromatic rings. The maximum Gasteiger partial charge on any atom is 0.114 e. The minimum Gasteiger partial charge on any atom is -0.123 e. The molecule has 0 amide bonds. The van der Waals surface area contributed by atoms with Crippen LogP contribution in [0.15, 0.2) is 41.3 Å². The summed E-state index contributed by atoms with van der Waals surface area (Å²) in [6, 6.07) is 12.8. The number of thioether (sulfide) groups is 1. The van der Waals surface area contributed by atoms with Crippen LogP contribution in [0.25, 0.3) is 10.8 Å². The topological polar surface area (TPSA) is 0 Å². The van der Waals surface area contributed by atoms with Gasteiger partial charge in [-0.3, -0.25) is 0 Å². The average molecular weight is 252 g/mol. The predicted octanol–water partition coefficient (Wildman–Crippen LogP) is 4.06. The fourth-order valence-corrected chi connectivity index (χ4v) is 4.03. The third kappa shape index (κ3) is 2.59. The van der Waals surface area contributed by atoms with Crippen LogP contribution in [0.1, 0.15) is 32.1 Å². The van der Waals surface area contributed by atoms with Crippen LogP contribution in [0.4, 0.5) is 0 Å². The predicted molar refractivity (Wildman–Crippen MR) is 82.1 cm³/mol. The number of hydrogen-bond donors (Lipinski definition) is 0. The first-order chi connectivity index (χ1) is 8.83. The highest BCUT2D eigenvalue weighted by Crippen LogP contribution is 2.34. The molecule has 0 aromatic heterocycles. The van der Waals surface area contributed by atoms with E-state index in [-0.39, 0.29) is 0 Å². The smallest absolute Gasteiger partial charge is 0.114 e. The SMILES string of the molecule is [B]c1cccc2cc(SC3CCCCC3)ccc12. The number of rotatable bonds is 2. The summed E-state index contributed by atoms with van der Waals surface area (Å²) in [5, 5.41) is 3.25. The molecule has 1 aliphatic carbocycles. The van der Waals surface area contributed by atoms with E-state index in [2.05, 4.69) is 24.3 Å². The summed E-state index contributed by atoms with van der Waals surface area (Å²) >= 11 is 2.04. The summed E-state index contributed by atoms with van der Waals surface area (Å²) in [6.45, 7) is 0. The summed E-state index contributed by atoms with van der Waals surface area (Å²) in [4.78, 5) is 1.39. The average Bonchev–Trinajstić information content (AvgIpc) is 2.40. The summed E-state index contributed by atoms with van der Waals surface area (Å²) in [7, 11) is 5.98. The standard InChI is InChI=1S/C16H17BS/c17-16-8-4-5-12-11-14(9-10-15(12)16)18-13-6-2-1-3-7-13/h4-5,8-11,13H,1-3,6-7H2. The van der Waals surface area contributed by atoms with Gasteiger partial charge in [0.25, 0.3) is 0 Å². The van der Waals surface area contributed by atoms with Crippen molar-refractivity contribution >= 4 is 35.8 Å². The van der Waals surface area contributed by atoms with Gasteiger partial charge in [-0.25, -0.2) is 0 Å². The van der Waals surface area contributed by atoms with Gasteiger partial charge in [0.05, 0.1) is 0 Å². The van der Waals surface area contributed by atoms with Gasteiger partial charge in [0.2, 0.25) is 0 Å². The lowest BCUT2D eigenvalue weighted by Gasteiger charge is -2.21. The number of hydrogen-bond acceptors (Lipinski definition) is 1. The Hall–Kier alpha value is -0.885. The molecule has 0 nitrogen and oxygen atoms in total. The molecule has 0 aliphatic heterocycles. The van der Waals surface area contributed by atoms with Crippen molar-refractivity contribution in [1.82, 2.24) is 0 Å².